The highest BCUT2D eigenvalue weighted by atomic mass is 79.9. The summed E-state index contributed by atoms with van der Waals surface area (Å²) < 4.78 is 48.7. The van der Waals surface area contributed by atoms with Crippen LogP contribution in [0.2, 0.25) is 0 Å². The highest BCUT2D eigenvalue weighted by Crippen LogP contribution is 2.31. The Hall–Kier alpha value is -0.310. The van der Waals surface area contributed by atoms with Crippen LogP contribution >= 0.6 is 26.6 Å². The number of hydrogen-bond acceptors (Lipinski definition) is 4. The number of halogens is 2. The van der Waals surface area contributed by atoms with Gasteiger partial charge in [-0.2, -0.15) is 0 Å². The van der Waals surface area contributed by atoms with Crippen molar-refractivity contribution >= 4 is 51.4 Å². The first-order valence-electron chi connectivity index (χ1n) is 5.32. The van der Waals surface area contributed by atoms with Gasteiger partial charge in [0.2, 0.25) is 10.0 Å². The van der Waals surface area contributed by atoms with Crippen molar-refractivity contribution in [2.75, 3.05) is 10.5 Å². The third-order valence-electron chi connectivity index (χ3n) is 2.27. The van der Waals surface area contributed by atoms with Crippen LogP contribution in [0.3, 0.4) is 0 Å². The molecular weight excluding hydrogens is 378 g/mol. The standard InChI is InChI=1S/C10H13BrClNO4S2/c1-3-4-18(14,15)13-9-5-7(2)10(6-8(9)11)19(12,16)17/h5-6,13H,3-4H2,1-2H3. The van der Waals surface area contributed by atoms with Gasteiger partial charge in [-0.1, -0.05) is 6.92 Å². The van der Waals surface area contributed by atoms with Gasteiger partial charge in [0.1, 0.15) is 0 Å². The first-order chi connectivity index (χ1) is 8.57. The van der Waals surface area contributed by atoms with E-state index in [1.807, 2.05) is 0 Å². The van der Waals surface area contributed by atoms with Crippen LogP contribution < -0.4 is 4.72 Å². The third-order valence-corrected chi connectivity index (χ3v) is 5.86. The van der Waals surface area contributed by atoms with Crippen LogP contribution in [0.25, 0.3) is 0 Å². The Kier molecular flexibility index (Phi) is 5.28. The predicted molar refractivity (Wildman–Crippen MR) is 79.6 cm³/mol. The fraction of sp³-hybridized carbons (Fsp3) is 0.400. The summed E-state index contributed by atoms with van der Waals surface area (Å²) in [5.41, 5.74) is 0.655. The molecule has 9 heteroatoms. The summed E-state index contributed by atoms with van der Waals surface area (Å²) in [4.78, 5) is -0.0560. The Morgan fingerprint density at radius 3 is 2.32 bits per heavy atom. The number of anilines is 1. The molecule has 108 valence electrons. The zero-order valence-corrected chi connectivity index (χ0v) is 14.2. The molecule has 0 atom stereocenters. The van der Waals surface area contributed by atoms with Crippen LogP contribution in [0, 0.1) is 6.92 Å². The maximum absolute atomic E-state index is 11.7. The summed E-state index contributed by atoms with van der Waals surface area (Å²) in [5, 5.41) is 0. The van der Waals surface area contributed by atoms with Gasteiger partial charge in [-0.3, -0.25) is 4.72 Å². The minimum absolute atomic E-state index is 0.00591. The largest absolute Gasteiger partial charge is 0.282 e. The van der Waals surface area contributed by atoms with E-state index in [2.05, 4.69) is 20.7 Å². The maximum atomic E-state index is 11.7. The monoisotopic (exact) mass is 389 g/mol. The van der Waals surface area contributed by atoms with Crippen molar-refractivity contribution in [2.45, 2.75) is 25.2 Å². The third kappa shape index (κ3) is 4.62. The lowest BCUT2D eigenvalue weighted by molar-refractivity contribution is 0.599. The Labute approximate surface area is 126 Å². The van der Waals surface area contributed by atoms with Gasteiger partial charge in [0.05, 0.1) is 16.3 Å². The van der Waals surface area contributed by atoms with Gasteiger partial charge in [0.15, 0.2) is 0 Å². The summed E-state index contributed by atoms with van der Waals surface area (Å²) in [6.45, 7) is 3.29. The predicted octanol–water partition coefficient (Wildman–Crippen LogP) is 2.84. The average Bonchev–Trinajstić information content (AvgIpc) is 2.20. The molecule has 0 bridgehead atoms. The van der Waals surface area contributed by atoms with Crippen LogP contribution in [-0.4, -0.2) is 22.6 Å². The molecule has 0 aliphatic carbocycles. The maximum Gasteiger partial charge on any atom is 0.261 e. The molecule has 1 aromatic rings. The second-order valence-electron chi connectivity index (χ2n) is 3.96. The van der Waals surface area contributed by atoms with Crippen molar-refractivity contribution in [3.63, 3.8) is 0 Å². The summed E-state index contributed by atoms with van der Waals surface area (Å²) in [7, 11) is -2.01. The average molecular weight is 391 g/mol. The molecule has 1 aromatic carbocycles. The Balaban J connectivity index is 3.25. The van der Waals surface area contributed by atoms with E-state index in [4.69, 9.17) is 10.7 Å². The molecule has 0 spiro atoms. The Morgan fingerprint density at radius 1 is 1.26 bits per heavy atom. The molecule has 0 saturated heterocycles. The minimum atomic E-state index is -3.86. The highest BCUT2D eigenvalue weighted by Gasteiger charge is 2.18. The lowest BCUT2D eigenvalue weighted by Crippen LogP contribution is -2.16. The molecule has 0 fully saturated rings. The van der Waals surface area contributed by atoms with Gasteiger partial charge in [0, 0.05) is 15.2 Å². The van der Waals surface area contributed by atoms with Gasteiger partial charge < -0.3 is 0 Å². The SMILES string of the molecule is CCCS(=O)(=O)Nc1cc(C)c(S(=O)(=O)Cl)cc1Br. The van der Waals surface area contributed by atoms with Crippen LogP contribution in [0.5, 0.6) is 0 Å². The van der Waals surface area contributed by atoms with Crippen molar-refractivity contribution < 1.29 is 16.8 Å². The number of sulfonamides is 1. The van der Waals surface area contributed by atoms with E-state index in [1.54, 1.807) is 13.8 Å². The molecule has 5 nitrogen and oxygen atoms in total. The Morgan fingerprint density at radius 2 is 1.84 bits per heavy atom. The van der Waals surface area contributed by atoms with Crippen molar-refractivity contribution in [3.8, 4) is 0 Å². The van der Waals surface area contributed by atoms with Gasteiger partial charge in [-0.25, -0.2) is 16.8 Å². The number of nitrogens with one attached hydrogen (secondary N) is 1. The van der Waals surface area contributed by atoms with E-state index in [1.165, 1.54) is 12.1 Å². The van der Waals surface area contributed by atoms with Crippen molar-refractivity contribution in [2.24, 2.45) is 0 Å². The molecule has 0 saturated carbocycles. The molecule has 0 amide bonds. The lowest BCUT2D eigenvalue weighted by atomic mass is 10.2. The van der Waals surface area contributed by atoms with Crippen molar-refractivity contribution in [1.29, 1.82) is 0 Å². The molecule has 1 N–H and O–H groups in total. The number of hydrogen-bond donors (Lipinski definition) is 1. The van der Waals surface area contributed by atoms with E-state index < -0.39 is 19.1 Å². The molecule has 0 radical (unpaired) electrons. The quantitative estimate of drug-likeness (QED) is 0.784. The second kappa shape index (κ2) is 5.99. The second-order valence-corrected chi connectivity index (χ2v) is 9.19. The molecule has 1 rings (SSSR count). The van der Waals surface area contributed by atoms with E-state index in [0.717, 1.165) is 0 Å². The summed E-state index contributed by atoms with van der Waals surface area (Å²) in [6, 6.07) is 2.70. The highest BCUT2D eigenvalue weighted by molar-refractivity contribution is 9.10. The summed E-state index contributed by atoms with van der Waals surface area (Å²) in [6.07, 6.45) is 0.486. The summed E-state index contributed by atoms with van der Waals surface area (Å²) in [5.74, 6) is -0.00591. The minimum Gasteiger partial charge on any atom is -0.282 e. The van der Waals surface area contributed by atoms with E-state index in [-0.39, 0.29) is 16.3 Å². The van der Waals surface area contributed by atoms with Gasteiger partial charge in [-0.05, 0) is 47.0 Å². The van der Waals surface area contributed by atoms with Gasteiger partial charge in [-0.15, -0.1) is 0 Å². The zero-order valence-electron chi connectivity index (χ0n) is 10.3. The van der Waals surface area contributed by atoms with Crippen LogP contribution in [0.4, 0.5) is 5.69 Å². The molecule has 0 heterocycles. The lowest BCUT2D eigenvalue weighted by Gasteiger charge is -2.11. The van der Waals surface area contributed by atoms with E-state index in [9.17, 15) is 16.8 Å². The fourth-order valence-electron chi connectivity index (χ4n) is 1.49. The zero-order chi connectivity index (χ0) is 14.8. The molecular formula is C10H13BrClNO4S2. The van der Waals surface area contributed by atoms with E-state index in [0.29, 0.717) is 16.5 Å². The normalized spacial score (nSPS) is 12.4. The van der Waals surface area contributed by atoms with E-state index >= 15 is 0 Å². The number of benzene rings is 1. The smallest absolute Gasteiger partial charge is 0.261 e. The molecule has 0 unspecified atom stereocenters. The van der Waals surface area contributed by atoms with Gasteiger partial charge >= 0.3 is 0 Å². The number of aryl methyl sites for hydroxylation is 1. The first-order valence-corrected chi connectivity index (χ1v) is 10.1. The first kappa shape index (κ1) is 16.7. The van der Waals surface area contributed by atoms with Gasteiger partial charge in [0.25, 0.3) is 9.05 Å². The summed E-state index contributed by atoms with van der Waals surface area (Å²) >= 11 is 3.13. The Bertz CT molecular complexity index is 686. The molecule has 19 heavy (non-hydrogen) atoms. The van der Waals surface area contributed by atoms with Crippen molar-refractivity contribution in [3.05, 3.63) is 22.2 Å². The molecule has 0 aliphatic heterocycles. The molecule has 0 aliphatic rings. The van der Waals surface area contributed by atoms with Crippen LogP contribution in [0.15, 0.2) is 21.5 Å². The van der Waals surface area contributed by atoms with Crippen LogP contribution in [-0.2, 0) is 19.1 Å². The van der Waals surface area contributed by atoms with Crippen molar-refractivity contribution in [1.82, 2.24) is 0 Å². The fourth-order valence-corrected chi connectivity index (χ4v) is 4.56. The topological polar surface area (TPSA) is 80.3 Å². The number of rotatable bonds is 5. The molecule has 0 aromatic heterocycles. The van der Waals surface area contributed by atoms with Crippen LogP contribution in [0.1, 0.15) is 18.9 Å².